The number of amides is 1. The van der Waals surface area contributed by atoms with E-state index in [1.165, 1.54) is 33.9 Å². The number of hydrogen-bond acceptors (Lipinski definition) is 9. The van der Waals surface area contributed by atoms with Crippen LogP contribution in [0.2, 0.25) is 5.02 Å². The highest BCUT2D eigenvalue weighted by molar-refractivity contribution is 6.31. The Morgan fingerprint density at radius 3 is 2.59 bits per heavy atom. The SMILES string of the molecule is CCOc1cn(-c2ccc(Cl)c(F)c2-c2cc(=O)n([C@H]3CCC[C@@H](C)C(=O)Nc4cnn(C)c4-c4ccnc3c4)cn2)nn1.O=C(O)C(F)(F)F. The molecule has 0 spiro atoms. The van der Waals surface area contributed by atoms with Gasteiger partial charge < -0.3 is 15.2 Å². The van der Waals surface area contributed by atoms with Crippen molar-refractivity contribution in [3.63, 3.8) is 0 Å². The lowest BCUT2D eigenvalue weighted by Crippen LogP contribution is -2.27. The molecular formula is C32H30ClF4N9O5. The number of alkyl halides is 3. The minimum absolute atomic E-state index is 0.00270. The van der Waals surface area contributed by atoms with Crippen molar-refractivity contribution >= 4 is 29.2 Å². The average Bonchev–Trinajstić information content (AvgIpc) is 3.70. The van der Waals surface area contributed by atoms with Gasteiger partial charge in [0.15, 0.2) is 5.82 Å². The van der Waals surface area contributed by atoms with Gasteiger partial charge in [0.25, 0.3) is 11.4 Å². The molecule has 2 N–H and O–H groups in total. The zero-order valence-electron chi connectivity index (χ0n) is 27.2. The average molecular weight is 732 g/mol. The summed E-state index contributed by atoms with van der Waals surface area (Å²) >= 11 is 6.16. The fourth-order valence-electron chi connectivity index (χ4n) is 5.42. The molecule has 14 nitrogen and oxygen atoms in total. The first kappa shape index (κ1) is 36.6. The highest BCUT2D eigenvalue weighted by Crippen LogP contribution is 2.34. The Bertz CT molecular complexity index is 2130. The molecule has 5 aromatic rings. The molecule has 268 valence electrons. The van der Waals surface area contributed by atoms with Gasteiger partial charge in [0, 0.05) is 30.8 Å². The number of rotatable bonds is 5. The van der Waals surface area contributed by atoms with Crippen molar-refractivity contribution in [2.45, 2.75) is 45.3 Å². The van der Waals surface area contributed by atoms with Crippen LogP contribution in [0.15, 0.2) is 60.0 Å². The van der Waals surface area contributed by atoms with Crippen LogP contribution < -0.4 is 15.6 Å². The molecule has 5 heterocycles. The van der Waals surface area contributed by atoms with Crippen molar-refractivity contribution in [1.29, 1.82) is 0 Å². The van der Waals surface area contributed by atoms with E-state index >= 15 is 4.39 Å². The van der Waals surface area contributed by atoms with E-state index in [1.54, 1.807) is 30.2 Å². The second kappa shape index (κ2) is 15.1. The Balaban J connectivity index is 0.000000654. The number of anilines is 1. The van der Waals surface area contributed by atoms with Crippen LogP contribution in [0, 0.1) is 11.7 Å². The highest BCUT2D eigenvalue weighted by Gasteiger charge is 2.38. The molecule has 0 radical (unpaired) electrons. The van der Waals surface area contributed by atoms with Gasteiger partial charge in [-0.25, -0.2) is 18.9 Å². The highest BCUT2D eigenvalue weighted by atomic mass is 35.5. The Morgan fingerprint density at radius 1 is 1.16 bits per heavy atom. The van der Waals surface area contributed by atoms with Gasteiger partial charge >= 0.3 is 12.1 Å². The second-order valence-electron chi connectivity index (χ2n) is 11.3. The number of ether oxygens (including phenoxy) is 1. The number of aliphatic carboxylic acids is 1. The van der Waals surface area contributed by atoms with Crippen LogP contribution in [0.4, 0.5) is 23.2 Å². The van der Waals surface area contributed by atoms with E-state index in [4.69, 9.17) is 26.2 Å². The first-order valence-electron chi connectivity index (χ1n) is 15.4. The number of aromatic nitrogens is 8. The second-order valence-corrected chi connectivity index (χ2v) is 11.8. The van der Waals surface area contributed by atoms with Gasteiger partial charge in [-0.2, -0.15) is 18.3 Å². The van der Waals surface area contributed by atoms with E-state index < -0.39 is 29.6 Å². The smallest absolute Gasteiger partial charge is 0.476 e. The molecule has 1 amide bonds. The maximum Gasteiger partial charge on any atom is 0.490 e. The fraction of sp³-hybridized carbons (Fsp3) is 0.312. The van der Waals surface area contributed by atoms with E-state index in [9.17, 15) is 22.8 Å². The summed E-state index contributed by atoms with van der Waals surface area (Å²) in [6.45, 7) is 4.07. The number of carbonyl (C=O) groups is 2. The molecule has 6 rings (SSSR count). The van der Waals surface area contributed by atoms with E-state index in [0.717, 1.165) is 11.3 Å². The molecule has 0 unspecified atom stereocenters. The number of carbonyl (C=O) groups excluding carboxylic acids is 1. The quantitative estimate of drug-likeness (QED) is 0.221. The van der Waals surface area contributed by atoms with Crippen molar-refractivity contribution in [3.05, 3.63) is 82.1 Å². The number of carboxylic acid groups (broad SMARTS) is 1. The maximum atomic E-state index is 15.5. The number of nitrogens with one attached hydrogen (secondary N) is 1. The number of fused-ring (bicyclic) bond motifs is 4. The molecule has 2 atom stereocenters. The molecule has 0 saturated carbocycles. The van der Waals surface area contributed by atoms with E-state index in [1.807, 2.05) is 26.0 Å². The molecule has 2 bridgehead atoms. The molecule has 0 aliphatic carbocycles. The van der Waals surface area contributed by atoms with Crippen LogP contribution in [0.3, 0.4) is 0 Å². The Morgan fingerprint density at radius 2 is 1.90 bits per heavy atom. The van der Waals surface area contributed by atoms with Gasteiger partial charge in [0.2, 0.25) is 5.91 Å². The molecule has 19 heteroatoms. The van der Waals surface area contributed by atoms with Crippen LogP contribution in [0.5, 0.6) is 5.88 Å². The van der Waals surface area contributed by atoms with Gasteiger partial charge in [-0.3, -0.25) is 23.8 Å². The lowest BCUT2D eigenvalue weighted by atomic mass is 9.97. The topological polar surface area (TPSA) is 172 Å². The van der Waals surface area contributed by atoms with E-state index in [0.29, 0.717) is 37.3 Å². The maximum absolute atomic E-state index is 15.5. The zero-order chi connectivity index (χ0) is 37.0. The fourth-order valence-corrected chi connectivity index (χ4v) is 5.58. The van der Waals surface area contributed by atoms with Crippen LogP contribution in [0.25, 0.3) is 28.2 Å². The predicted molar refractivity (Wildman–Crippen MR) is 175 cm³/mol. The lowest BCUT2D eigenvalue weighted by molar-refractivity contribution is -0.192. The third-order valence-electron chi connectivity index (χ3n) is 7.91. The molecule has 0 fully saturated rings. The van der Waals surface area contributed by atoms with Gasteiger partial charge in [-0.15, -0.1) is 0 Å². The summed E-state index contributed by atoms with van der Waals surface area (Å²) in [5.41, 5.74) is 2.70. The first-order valence-corrected chi connectivity index (χ1v) is 15.8. The standard InChI is InChI=1S/C30H29ClFN9O3.C2HF3O2/c1-4-44-25-15-41(38-37-25)24-9-8-19(31)28(32)27(24)21-13-26(42)40(16-34-21)23-7-5-6-17(2)30(43)36-22-14-35-39(3)29(22)18-10-11-33-20(23)12-18;3-2(4,5)1(6)7/h8-17,23H,4-7H2,1-3H3,(H,36,43);(H,6,7)/t17-,23+;/m1./s1. The Kier molecular flexibility index (Phi) is 10.8. The van der Waals surface area contributed by atoms with Gasteiger partial charge in [-0.1, -0.05) is 35.3 Å². The molecule has 51 heavy (non-hydrogen) atoms. The monoisotopic (exact) mass is 731 g/mol. The number of halogens is 5. The van der Waals surface area contributed by atoms with Crippen LogP contribution >= 0.6 is 11.6 Å². The molecule has 1 aromatic carbocycles. The van der Waals surface area contributed by atoms with Crippen molar-refractivity contribution in [2.24, 2.45) is 13.0 Å². The molecule has 1 aliphatic rings. The van der Waals surface area contributed by atoms with E-state index in [-0.39, 0.29) is 39.7 Å². The Labute approximate surface area is 291 Å². The largest absolute Gasteiger partial charge is 0.490 e. The van der Waals surface area contributed by atoms with Crippen molar-refractivity contribution in [1.82, 2.24) is 39.3 Å². The summed E-state index contributed by atoms with van der Waals surface area (Å²) in [7, 11) is 1.80. The summed E-state index contributed by atoms with van der Waals surface area (Å²) in [5.74, 6) is -3.61. The minimum Gasteiger partial charge on any atom is -0.476 e. The lowest BCUT2D eigenvalue weighted by Gasteiger charge is -2.22. The van der Waals surface area contributed by atoms with Gasteiger partial charge in [0.1, 0.15) is 0 Å². The van der Waals surface area contributed by atoms with Crippen molar-refractivity contribution in [3.8, 4) is 34.1 Å². The predicted octanol–water partition coefficient (Wildman–Crippen LogP) is 5.46. The van der Waals surface area contributed by atoms with Crippen molar-refractivity contribution in [2.75, 3.05) is 11.9 Å². The first-order chi connectivity index (χ1) is 24.2. The molecule has 4 aromatic heterocycles. The summed E-state index contributed by atoms with van der Waals surface area (Å²) < 4.78 is 57.2. The number of pyridine rings is 1. The summed E-state index contributed by atoms with van der Waals surface area (Å²) in [5, 5.41) is 22.3. The van der Waals surface area contributed by atoms with E-state index in [2.05, 4.69) is 30.7 Å². The number of benzene rings is 1. The summed E-state index contributed by atoms with van der Waals surface area (Å²) in [6, 6.07) is 7.47. The van der Waals surface area contributed by atoms with Crippen LogP contribution in [0.1, 0.15) is 44.8 Å². The Hall–Kier alpha value is -5.65. The number of carboxylic acids is 1. The van der Waals surface area contributed by atoms with Crippen LogP contribution in [-0.4, -0.2) is 69.1 Å². The van der Waals surface area contributed by atoms with Gasteiger partial charge in [0.05, 0.1) is 70.4 Å². The number of nitrogens with zero attached hydrogens (tertiary/aromatic N) is 8. The zero-order valence-corrected chi connectivity index (χ0v) is 28.0. The number of aryl methyl sites for hydroxylation is 1. The van der Waals surface area contributed by atoms with Crippen LogP contribution in [-0.2, 0) is 16.6 Å². The summed E-state index contributed by atoms with van der Waals surface area (Å²) in [4.78, 5) is 44.7. The molecular weight excluding hydrogens is 702 g/mol. The molecule has 1 aliphatic heterocycles. The normalized spacial score (nSPS) is 16.1. The molecule has 0 saturated heterocycles. The minimum atomic E-state index is -5.08. The number of hydrogen-bond donors (Lipinski definition) is 2. The third-order valence-corrected chi connectivity index (χ3v) is 8.20. The third kappa shape index (κ3) is 8.06. The summed E-state index contributed by atoms with van der Waals surface area (Å²) in [6.07, 6.45) is 2.86. The van der Waals surface area contributed by atoms with Gasteiger partial charge in [-0.05, 0) is 44.0 Å². The van der Waals surface area contributed by atoms with Crippen molar-refractivity contribution < 1.29 is 37.0 Å².